The highest BCUT2D eigenvalue weighted by atomic mass is 16.5. The van der Waals surface area contributed by atoms with Gasteiger partial charge in [-0.3, -0.25) is 9.69 Å². The molecule has 0 saturated carbocycles. The van der Waals surface area contributed by atoms with Crippen LogP contribution in [0.25, 0.3) is 0 Å². The van der Waals surface area contributed by atoms with Crippen molar-refractivity contribution in [3.05, 3.63) is 23.8 Å². The van der Waals surface area contributed by atoms with Crippen LogP contribution in [0.4, 0.5) is 0 Å². The van der Waals surface area contributed by atoms with E-state index in [4.69, 9.17) is 14.2 Å². The number of morpholine rings is 1. The predicted molar refractivity (Wildman–Crippen MR) is 80.3 cm³/mol. The lowest BCUT2D eigenvalue weighted by Crippen LogP contribution is -2.47. The van der Waals surface area contributed by atoms with E-state index in [2.05, 4.69) is 4.90 Å². The molecule has 0 amide bonds. The Hall–Kier alpha value is -1.59. The molecule has 0 radical (unpaired) electrons. The maximum atomic E-state index is 12.5. The SMILES string of the molecule is COc1ccc(C(=O)CN2CC(C)OC(C)C2)c(OC)c1. The molecule has 1 aliphatic rings. The van der Waals surface area contributed by atoms with Gasteiger partial charge in [0.1, 0.15) is 11.5 Å². The number of ether oxygens (including phenoxy) is 3. The summed E-state index contributed by atoms with van der Waals surface area (Å²) in [6.45, 7) is 5.98. The quantitative estimate of drug-likeness (QED) is 0.777. The fourth-order valence-corrected chi connectivity index (χ4v) is 2.73. The largest absolute Gasteiger partial charge is 0.497 e. The molecule has 2 atom stereocenters. The van der Waals surface area contributed by atoms with Crippen LogP contribution in [0.15, 0.2) is 18.2 Å². The molecule has 2 unspecified atom stereocenters. The van der Waals surface area contributed by atoms with Crippen molar-refractivity contribution in [1.29, 1.82) is 0 Å². The molecule has 21 heavy (non-hydrogen) atoms. The molecule has 5 heteroatoms. The first-order valence-corrected chi connectivity index (χ1v) is 7.16. The highest BCUT2D eigenvalue weighted by Gasteiger charge is 2.25. The molecule has 1 aliphatic heterocycles. The summed E-state index contributed by atoms with van der Waals surface area (Å²) in [5.41, 5.74) is 0.588. The van der Waals surface area contributed by atoms with Crippen LogP contribution >= 0.6 is 0 Å². The van der Waals surface area contributed by atoms with E-state index in [0.717, 1.165) is 13.1 Å². The smallest absolute Gasteiger partial charge is 0.180 e. The summed E-state index contributed by atoms with van der Waals surface area (Å²) in [6, 6.07) is 5.27. The number of methoxy groups -OCH3 is 2. The van der Waals surface area contributed by atoms with Gasteiger partial charge in [-0.05, 0) is 26.0 Å². The zero-order chi connectivity index (χ0) is 15.4. The van der Waals surface area contributed by atoms with Crippen LogP contribution in [0.1, 0.15) is 24.2 Å². The number of ketones is 1. The second kappa shape index (κ2) is 6.91. The molecule has 0 bridgehead atoms. The Labute approximate surface area is 125 Å². The third-order valence-electron chi connectivity index (χ3n) is 3.57. The molecule has 1 aromatic rings. The first-order chi connectivity index (χ1) is 10.0. The Morgan fingerprint density at radius 1 is 1.24 bits per heavy atom. The van der Waals surface area contributed by atoms with Crippen LogP contribution < -0.4 is 9.47 Å². The fraction of sp³-hybridized carbons (Fsp3) is 0.562. The monoisotopic (exact) mass is 293 g/mol. The van der Waals surface area contributed by atoms with Crippen molar-refractivity contribution in [3.8, 4) is 11.5 Å². The molecule has 1 aromatic carbocycles. The van der Waals surface area contributed by atoms with Gasteiger partial charge in [-0.1, -0.05) is 0 Å². The van der Waals surface area contributed by atoms with Crippen molar-refractivity contribution < 1.29 is 19.0 Å². The van der Waals surface area contributed by atoms with E-state index in [1.807, 2.05) is 13.8 Å². The summed E-state index contributed by atoms with van der Waals surface area (Å²) < 4.78 is 16.1. The molecule has 1 heterocycles. The summed E-state index contributed by atoms with van der Waals surface area (Å²) >= 11 is 0. The summed E-state index contributed by atoms with van der Waals surface area (Å²) in [6.07, 6.45) is 0.304. The molecule has 1 saturated heterocycles. The molecule has 0 spiro atoms. The predicted octanol–water partition coefficient (Wildman–Crippen LogP) is 2.00. The van der Waals surface area contributed by atoms with Crippen LogP contribution in [0.3, 0.4) is 0 Å². The van der Waals surface area contributed by atoms with E-state index in [0.29, 0.717) is 23.6 Å². The zero-order valence-corrected chi connectivity index (χ0v) is 13.1. The van der Waals surface area contributed by atoms with Gasteiger partial charge in [-0.15, -0.1) is 0 Å². The van der Waals surface area contributed by atoms with Crippen LogP contribution in [-0.4, -0.2) is 56.7 Å². The third-order valence-corrected chi connectivity index (χ3v) is 3.57. The van der Waals surface area contributed by atoms with Crippen molar-refractivity contribution in [2.24, 2.45) is 0 Å². The van der Waals surface area contributed by atoms with Crippen LogP contribution in [-0.2, 0) is 4.74 Å². The lowest BCUT2D eigenvalue weighted by Gasteiger charge is -2.34. The second-order valence-corrected chi connectivity index (χ2v) is 5.44. The van der Waals surface area contributed by atoms with Crippen LogP contribution in [0, 0.1) is 0 Å². The summed E-state index contributed by atoms with van der Waals surface area (Å²) in [4.78, 5) is 14.6. The first kappa shape index (κ1) is 15.8. The fourth-order valence-electron chi connectivity index (χ4n) is 2.73. The van der Waals surface area contributed by atoms with Gasteiger partial charge in [-0.25, -0.2) is 0 Å². The van der Waals surface area contributed by atoms with E-state index < -0.39 is 0 Å². The van der Waals surface area contributed by atoms with Crippen LogP contribution in [0.2, 0.25) is 0 Å². The van der Waals surface area contributed by atoms with Gasteiger partial charge in [0.15, 0.2) is 5.78 Å². The highest BCUT2D eigenvalue weighted by Crippen LogP contribution is 2.25. The van der Waals surface area contributed by atoms with Gasteiger partial charge in [0.05, 0.1) is 38.5 Å². The van der Waals surface area contributed by atoms with Crippen molar-refractivity contribution in [1.82, 2.24) is 4.90 Å². The Balaban J connectivity index is 2.09. The normalized spacial score (nSPS) is 22.9. The van der Waals surface area contributed by atoms with Crippen molar-refractivity contribution in [3.63, 3.8) is 0 Å². The Bertz CT molecular complexity index is 493. The van der Waals surface area contributed by atoms with Gasteiger partial charge < -0.3 is 14.2 Å². The summed E-state index contributed by atoms with van der Waals surface area (Å²) in [7, 11) is 3.15. The zero-order valence-electron chi connectivity index (χ0n) is 13.1. The van der Waals surface area contributed by atoms with E-state index in [1.54, 1.807) is 32.4 Å². The lowest BCUT2D eigenvalue weighted by atomic mass is 10.1. The Morgan fingerprint density at radius 2 is 1.90 bits per heavy atom. The number of Topliss-reactive ketones (excluding diaryl/α,β-unsaturated/α-hetero) is 1. The minimum absolute atomic E-state index is 0.0517. The number of benzene rings is 1. The molecule has 0 aromatic heterocycles. The highest BCUT2D eigenvalue weighted by molar-refractivity contribution is 6.00. The molecule has 5 nitrogen and oxygen atoms in total. The summed E-state index contributed by atoms with van der Waals surface area (Å²) in [5, 5.41) is 0. The maximum Gasteiger partial charge on any atom is 0.180 e. The summed E-state index contributed by atoms with van der Waals surface area (Å²) in [5.74, 6) is 1.28. The first-order valence-electron chi connectivity index (χ1n) is 7.16. The molecule has 2 rings (SSSR count). The average molecular weight is 293 g/mol. The molecule has 1 fully saturated rings. The van der Waals surface area contributed by atoms with E-state index in [1.165, 1.54) is 0 Å². The van der Waals surface area contributed by atoms with Crippen molar-refractivity contribution >= 4 is 5.78 Å². The Kier molecular flexibility index (Phi) is 5.20. The minimum Gasteiger partial charge on any atom is -0.497 e. The lowest BCUT2D eigenvalue weighted by molar-refractivity contribution is -0.0652. The molecular weight excluding hydrogens is 270 g/mol. The van der Waals surface area contributed by atoms with Gasteiger partial charge in [0, 0.05) is 19.2 Å². The second-order valence-electron chi connectivity index (χ2n) is 5.44. The minimum atomic E-state index is 0.0517. The number of rotatable bonds is 5. The molecule has 116 valence electrons. The molecule has 0 N–H and O–H groups in total. The number of hydrogen-bond donors (Lipinski definition) is 0. The van der Waals surface area contributed by atoms with Gasteiger partial charge in [0.25, 0.3) is 0 Å². The molecule has 0 aliphatic carbocycles. The van der Waals surface area contributed by atoms with E-state index in [-0.39, 0.29) is 18.0 Å². The van der Waals surface area contributed by atoms with Crippen molar-refractivity contribution in [2.45, 2.75) is 26.1 Å². The average Bonchev–Trinajstić information content (AvgIpc) is 2.45. The number of hydrogen-bond acceptors (Lipinski definition) is 5. The molecular formula is C16H23NO4. The standard InChI is InChI=1S/C16H23NO4/c1-11-8-17(9-12(2)21-11)10-15(18)14-6-5-13(19-3)7-16(14)20-4/h5-7,11-12H,8-10H2,1-4H3. The Morgan fingerprint density at radius 3 is 2.48 bits per heavy atom. The van der Waals surface area contributed by atoms with E-state index in [9.17, 15) is 4.79 Å². The van der Waals surface area contributed by atoms with Gasteiger partial charge in [0.2, 0.25) is 0 Å². The van der Waals surface area contributed by atoms with Crippen LogP contribution in [0.5, 0.6) is 11.5 Å². The number of carbonyl (C=O) groups is 1. The van der Waals surface area contributed by atoms with Gasteiger partial charge >= 0.3 is 0 Å². The van der Waals surface area contributed by atoms with Gasteiger partial charge in [-0.2, -0.15) is 0 Å². The third kappa shape index (κ3) is 3.95. The van der Waals surface area contributed by atoms with Crippen molar-refractivity contribution in [2.75, 3.05) is 33.9 Å². The topological polar surface area (TPSA) is 48.0 Å². The maximum absolute atomic E-state index is 12.5. The van der Waals surface area contributed by atoms with E-state index >= 15 is 0 Å². The number of nitrogens with zero attached hydrogens (tertiary/aromatic N) is 1. The number of carbonyl (C=O) groups excluding carboxylic acids is 1.